The average Bonchev–Trinajstić information content (AvgIpc) is 3.81. The lowest BCUT2D eigenvalue weighted by molar-refractivity contribution is 0.584. The first-order valence-corrected chi connectivity index (χ1v) is 16.7. The number of para-hydroxylation sites is 3. The molecule has 5 heteroatoms. The lowest BCUT2D eigenvalue weighted by Crippen LogP contribution is -1.94. The lowest BCUT2D eigenvalue weighted by atomic mass is 9.95. The Bertz CT molecular complexity index is 2850. The SMILES string of the molecule is c1ccc(-c2nnc(-c3ccc(-c4cccc(-c5nc6ccccc6c6cc7c8ccccc8n(-c8ccccc8)c7cc56)c4)cc3)o2)cc1. The number of pyridine rings is 1. The monoisotopic (exact) mass is 640 g/mol. The van der Waals surface area contributed by atoms with E-state index >= 15 is 0 Å². The van der Waals surface area contributed by atoms with E-state index in [4.69, 9.17) is 9.40 Å². The Morgan fingerprint density at radius 1 is 0.380 bits per heavy atom. The summed E-state index contributed by atoms with van der Waals surface area (Å²) in [6.07, 6.45) is 0. The number of hydrogen-bond donors (Lipinski definition) is 0. The van der Waals surface area contributed by atoms with Gasteiger partial charge in [0.15, 0.2) is 0 Å². The fraction of sp³-hybridized carbons (Fsp3) is 0. The molecule has 0 spiro atoms. The molecule has 0 fully saturated rings. The second-order valence-corrected chi connectivity index (χ2v) is 12.5. The largest absolute Gasteiger partial charge is 0.416 e. The first kappa shape index (κ1) is 28.2. The molecule has 0 unspecified atom stereocenters. The summed E-state index contributed by atoms with van der Waals surface area (Å²) in [5.74, 6) is 1.00. The van der Waals surface area contributed by atoms with Crippen molar-refractivity contribution in [2.75, 3.05) is 0 Å². The highest BCUT2D eigenvalue weighted by Gasteiger charge is 2.18. The molecular formula is C45H28N4O. The summed E-state index contributed by atoms with van der Waals surface area (Å²) in [5.41, 5.74) is 10.5. The van der Waals surface area contributed by atoms with Crippen LogP contribution in [0.1, 0.15) is 0 Å². The quantitative estimate of drug-likeness (QED) is 0.176. The highest BCUT2D eigenvalue weighted by molar-refractivity contribution is 6.20. The number of nitrogens with zero attached hydrogens (tertiary/aromatic N) is 4. The zero-order valence-electron chi connectivity index (χ0n) is 26.9. The molecule has 10 rings (SSSR count). The van der Waals surface area contributed by atoms with Crippen molar-refractivity contribution in [2.45, 2.75) is 0 Å². The first-order chi connectivity index (χ1) is 24.8. The van der Waals surface area contributed by atoms with Gasteiger partial charge in [-0.1, -0.05) is 103 Å². The predicted molar refractivity (Wildman–Crippen MR) is 203 cm³/mol. The Labute approximate surface area is 287 Å². The molecule has 0 atom stereocenters. The fourth-order valence-electron chi connectivity index (χ4n) is 7.18. The smallest absolute Gasteiger partial charge is 0.248 e. The summed E-state index contributed by atoms with van der Waals surface area (Å²) in [6, 6.07) is 59.2. The summed E-state index contributed by atoms with van der Waals surface area (Å²) >= 11 is 0. The minimum atomic E-state index is 0.496. The van der Waals surface area contributed by atoms with Crippen LogP contribution in [0.5, 0.6) is 0 Å². The van der Waals surface area contributed by atoms with Gasteiger partial charge >= 0.3 is 0 Å². The van der Waals surface area contributed by atoms with Gasteiger partial charge in [-0.3, -0.25) is 0 Å². The molecule has 0 aliphatic carbocycles. The van der Waals surface area contributed by atoms with Crippen LogP contribution in [0.3, 0.4) is 0 Å². The van der Waals surface area contributed by atoms with Crippen LogP contribution in [0.2, 0.25) is 0 Å². The van der Waals surface area contributed by atoms with Gasteiger partial charge in [0.05, 0.1) is 22.2 Å². The zero-order chi connectivity index (χ0) is 33.0. The van der Waals surface area contributed by atoms with Crippen molar-refractivity contribution in [1.29, 1.82) is 0 Å². The molecule has 0 bridgehead atoms. The van der Waals surface area contributed by atoms with Crippen LogP contribution in [-0.4, -0.2) is 19.7 Å². The van der Waals surface area contributed by atoms with Gasteiger partial charge in [0, 0.05) is 43.9 Å². The highest BCUT2D eigenvalue weighted by Crippen LogP contribution is 2.40. The molecule has 5 nitrogen and oxygen atoms in total. The molecule has 0 saturated heterocycles. The molecule has 7 aromatic carbocycles. The molecule has 0 radical (unpaired) electrons. The van der Waals surface area contributed by atoms with Crippen molar-refractivity contribution in [1.82, 2.24) is 19.7 Å². The molecule has 0 saturated carbocycles. The van der Waals surface area contributed by atoms with Crippen LogP contribution in [0.25, 0.3) is 94.5 Å². The Morgan fingerprint density at radius 2 is 1.00 bits per heavy atom. The minimum Gasteiger partial charge on any atom is -0.416 e. The van der Waals surface area contributed by atoms with Crippen molar-refractivity contribution in [2.24, 2.45) is 0 Å². The number of fused-ring (bicyclic) bond motifs is 6. The summed E-state index contributed by atoms with van der Waals surface area (Å²) in [6.45, 7) is 0. The van der Waals surface area contributed by atoms with Crippen LogP contribution in [0, 0.1) is 0 Å². The van der Waals surface area contributed by atoms with Crippen LogP contribution in [0.4, 0.5) is 0 Å². The molecule has 0 amide bonds. The van der Waals surface area contributed by atoms with Crippen LogP contribution < -0.4 is 0 Å². The van der Waals surface area contributed by atoms with E-state index in [0.29, 0.717) is 11.8 Å². The van der Waals surface area contributed by atoms with Gasteiger partial charge in [0.25, 0.3) is 0 Å². The van der Waals surface area contributed by atoms with E-state index in [1.54, 1.807) is 0 Å². The van der Waals surface area contributed by atoms with E-state index in [-0.39, 0.29) is 0 Å². The van der Waals surface area contributed by atoms with E-state index in [1.807, 2.05) is 42.5 Å². The summed E-state index contributed by atoms with van der Waals surface area (Å²) in [7, 11) is 0. The molecule has 0 aliphatic heterocycles. The van der Waals surface area contributed by atoms with Crippen molar-refractivity contribution in [3.63, 3.8) is 0 Å². The Hall–Kier alpha value is -6.85. The molecule has 3 aromatic heterocycles. The second kappa shape index (κ2) is 11.4. The summed E-state index contributed by atoms with van der Waals surface area (Å²) in [4.78, 5) is 5.32. The molecule has 0 N–H and O–H groups in total. The topological polar surface area (TPSA) is 56.7 Å². The first-order valence-electron chi connectivity index (χ1n) is 16.7. The van der Waals surface area contributed by atoms with Gasteiger partial charge in [-0.15, -0.1) is 10.2 Å². The molecular weight excluding hydrogens is 613 g/mol. The third-order valence-corrected chi connectivity index (χ3v) is 9.55. The van der Waals surface area contributed by atoms with Gasteiger partial charge < -0.3 is 8.98 Å². The van der Waals surface area contributed by atoms with E-state index in [0.717, 1.165) is 61.0 Å². The second-order valence-electron chi connectivity index (χ2n) is 12.5. The van der Waals surface area contributed by atoms with Gasteiger partial charge in [-0.05, 0) is 83.2 Å². The Kier molecular flexibility index (Phi) is 6.42. The lowest BCUT2D eigenvalue weighted by Gasteiger charge is -2.13. The van der Waals surface area contributed by atoms with Gasteiger partial charge in [-0.2, -0.15) is 0 Å². The zero-order valence-corrected chi connectivity index (χ0v) is 26.9. The minimum absolute atomic E-state index is 0.496. The third-order valence-electron chi connectivity index (χ3n) is 9.55. The molecule has 3 heterocycles. The maximum atomic E-state index is 6.01. The van der Waals surface area contributed by atoms with Crippen LogP contribution >= 0.6 is 0 Å². The number of aromatic nitrogens is 4. The number of rotatable bonds is 5. The third kappa shape index (κ3) is 4.60. The van der Waals surface area contributed by atoms with Crippen molar-refractivity contribution in [3.8, 4) is 51.0 Å². The Balaban J connectivity index is 1.12. The van der Waals surface area contributed by atoms with Crippen LogP contribution in [0.15, 0.2) is 174 Å². The number of hydrogen-bond acceptors (Lipinski definition) is 4. The standard InChI is InChI=1S/C45H28N4O/c1-3-12-30(13-4-1)44-47-48-45(50-44)31-24-22-29(23-25-31)32-14-11-15-33(26-32)43-39-28-42-38(27-37(39)35-18-7-9-20-40(35)46-43)36-19-8-10-21-41(36)49(42)34-16-5-2-6-17-34/h1-28H. The van der Waals surface area contributed by atoms with E-state index in [1.165, 1.54) is 21.7 Å². The van der Waals surface area contributed by atoms with Crippen molar-refractivity contribution in [3.05, 3.63) is 170 Å². The van der Waals surface area contributed by atoms with E-state index < -0.39 is 0 Å². The Morgan fingerprint density at radius 3 is 1.80 bits per heavy atom. The normalized spacial score (nSPS) is 11.6. The maximum absolute atomic E-state index is 6.01. The summed E-state index contributed by atoms with van der Waals surface area (Å²) < 4.78 is 8.38. The number of benzene rings is 7. The molecule has 10 aromatic rings. The van der Waals surface area contributed by atoms with Gasteiger partial charge in [0.2, 0.25) is 11.8 Å². The van der Waals surface area contributed by atoms with Crippen molar-refractivity contribution < 1.29 is 4.42 Å². The van der Waals surface area contributed by atoms with Gasteiger partial charge in [0.1, 0.15) is 0 Å². The maximum Gasteiger partial charge on any atom is 0.248 e. The van der Waals surface area contributed by atoms with Crippen molar-refractivity contribution >= 4 is 43.5 Å². The molecule has 0 aliphatic rings. The fourth-order valence-corrected chi connectivity index (χ4v) is 7.18. The highest BCUT2D eigenvalue weighted by atomic mass is 16.4. The van der Waals surface area contributed by atoms with E-state index in [9.17, 15) is 0 Å². The summed E-state index contributed by atoms with van der Waals surface area (Å²) in [5, 5.41) is 14.5. The van der Waals surface area contributed by atoms with Crippen LogP contribution in [-0.2, 0) is 0 Å². The van der Waals surface area contributed by atoms with Gasteiger partial charge in [-0.25, -0.2) is 4.98 Å². The predicted octanol–water partition coefficient (Wildman–Crippen LogP) is 11.5. The molecule has 50 heavy (non-hydrogen) atoms. The average molecular weight is 641 g/mol. The van der Waals surface area contributed by atoms with E-state index in [2.05, 4.69) is 142 Å². The molecule has 234 valence electrons.